The molecule has 1 saturated heterocycles. The second-order valence-electron chi connectivity index (χ2n) is 7.27. The molecule has 2 amide bonds. The summed E-state index contributed by atoms with van der Waals surface area (Å²) in [7, 11) is 0. The minimum Gasteiger partial charge on any atom is -0.484 e. The van der Waals surface area contributed by atoms with E-state index in [9.17, 15) is 9.59 Å². The van der Waals surface area contributed by atoms with Gasteiger partial charge >= 0.3 is 0 Å². The SMILES string of the molecule is O=C(COc1ccc(-c2ccccc2)cc1)NCc1ccc(N2CCCC2=O)cc1. The maximum Gasteiger partial charge on any atom is 0.258 e. The molecule has 4 rings (SSSR count). The molecule has 152 valence electrons. The van der Waals surface area contributed by atoms with Gasteiger partial charge in [0.25, 0.3) is 5.91 Å². The van der Waals surface area contributed by atoms with Crippen LogP contribution in [0.25, 0.3) is 11.1 Å². The van der Waals surface area contributed by atoms with Crippen LogP contribution in [0.3, 0.4) is 0 Å². The molecule has 3 aromatic rings. The number of hydrogen-bond acceptors (Lipinski definition) is 3. The molecule has 30 heavy (non-hydrogen) atoms. The molecule has 1 N–H and O–H groups in total. The van der Waals surface area contributed by atoms with Crippen molar-refractivity contribution in [1.29, 1.82) is 0 Å². The maximum absolute atomic E-state index is 12.1. The molecular formula is C25H24N2O3. The van der Waals surface area contributed by atoms with Crippen molar-refractivity contribution in [2.45, 2.75) is 19.4 Å². The summed E-state index contributed by atoms with van der Waals surface area (Å²) in [5.41, 5.74) is 4.13. The minimum absolute atomic E-state index is 0.0367. The van der Waals surface area contributed by atoms with E-state index in [4.69, 9.17) is 4.74 Å². The Morgan fingerprint density at radius 2 is 1.60 bits per heavy atom. The standard InChI is InChI=1S/C25H24N2O3/c28-24(18-30-23-14-10-21(11-15-23)20-5-2-1-3-6-20)26-17-19-8-12-22(13-9-19)27-16-4-7-25(27)29/h1-3,5-6,8-15H,4,7,16-18H2,(H,26,28). The molecule has 0 unspecified atom stereocenters. The molecule has 1 aliphatic heterocycles. The van der Waals surface area contributed by atoms with E-state index in [1.54, 1.807) is 4.90 Å². The van der Waals surface area contributed by atoms with E-state index in [0.717, 1.165) is 35.3 Å². The Balaban J connectivity index is 1.23. The summed E-state index contributed by atoms with van der Waals surface area (Å²) in [5, 5.41) is 2.86. The maximum atomic E-state index is 12.1. The number of hydrogen-bond donors (Lipinski definition) is 1. The number of ether oxygens (including phenoxy) is 1. The number of amides is 2. The molecule has 0 bridgehead atoms. The lowest BCUT2D eigenvalue weighted by atomic mass is 10.1. The van der Waals surface area contributed by atoms with Crippen molar-refractivity contribution in [2.75, 3.05) is 18.1 Å². The molecule has 1 aliphatic rings. The topological polar surface area (TPSA) is 58.6 Å². The quantitative estimate of drug-likeness (QED) is 0.647. The summed E-state index contributed by atoms with van der Waals surface area (Å²) in [6, 6.07) is 25.5. The molecule has 5 heteroatoms. The van der Waals surface area contributed by atoms with Gasteiger partial charge in [-0.25, -0.2) is 0 Å². The highest BCUT2D eigenvalue weighted by Crippen LogP contribution is 2.23. The zero-order chi connectivity index (χ0) is 20.8. The molecule has 0 radical (unpaired) electrons. The van der Waals surface area contributed by atoms with Crippen molar-refractivity contribution in [3.63, 3.8) is 0 Å². The van der Waals surface area contributed by atoms with E-state index >= 15 is 0 Å². The largest absolute Gasteiger partial charge is 0.484 e. The Labute approximate surface area is 176 Å². The van der Waals surface area contributed by atoms with Gasteiger partial charge in [0.1, 0.15) is 5.75 Å². The van der Waals surface area contributed by atoms with Crippen molar-refractivity contribution in [3.8, 4) is 16.9 Å². The van der Waals surface area contributed by atoms with Crippen LogP contribution in [0.2, 0.25) is 0 Å². The van der Waals surface area contributed by atoms with Crippen molar-refractivity contribution in [3.05, 3.63) is 84.4 Å². The van der Waals surface area contributed by atoms with Crippen LogP contribution >= 0.6 is 0 Å². The molecule has 1 heterocycles. The average Bonchev–Trinajstić information content (AvgIpc) is 3.23. The zero-order valence-electron chi connectivity index (χ0n) is 16.7. The number of benzene rings is 3. The van der Waals surface area contributed by atoms with Crippen molar-refractivity contribution < 1.29 is 14.3 Å². The van der Waals surface area contributed by atoms with Gasteiger partial charge in [0.2, 0.25) is 5.91 Å². The van der Waals surface area contributed by atoms with Gasteiger partial charge in [-0.05, 0) is 47.4 Å². The van der Waals surface area contributed by atoms with Crippen molar-refractivity contribution in [2.24, 2.45) is 0 Å². The molecule has 3 aromatic carbocycles. The Hall–Kier alpha value is -3.60. The molecule has 1 fully saturated rings. The molecule has 0 saturated carbocycles. The van der Waals surface area contributed by atoms with Crippen LogP contribution in [0.5, 0.6) is 5.75 Å². The highest BCUT2D eigenvalue weighted by atomic mass is 16.5. The van der Waals surface area contributed by atoms with E-state index in [-0.39, 0.29) is 18.4 Å². The summed E-state index contributed by atoms with van der Waals surface area (Å²) in [5.74, 6) is 0.649. The molecular weight excluding hydrogens is 376 g/mol. The van der Waals surface area contributed by atoms with Crippen LogP contribution in [-0.2, 0) is 16.1 Å². The van der Waals surface area contributed by atoms with Crippen LogP contribution in [0, 0.1) is 0 Å². The normalized spacial score (nSPS) is 13.3. The third-order valence-corrected chi connectivity index (χ3v) is 5.14. The number of nitrogens with one attached hydrogen (secondary N) is 1. The second kappa shape index (κ2) is 9.27. The summed E-state index contributed by atoms with van der Waals surface area (Å²) in [6.07, 6.45) is 1.53. The van der Waals surface area contributed by atoms with Crippen LogP contribution in [0.4, 0.5) is 5.69 Å². The van der Waals surface area contributed by atoms with Crippen LogP contribution in [-0.4, -0.2) is 25.0 Å². The number of rotatable bonds is 7. The van der Waals surface area contributed by atoms with Crippen LogP contribution in [0.1, 0.15) is 18.4 Å². The number of anilines is 1. The first-order valence-corrected chi connectivity index (χ1v) is 10.1. The lowest BCUT2D eigenvalue weighted by Crippen LogP contribution is -2.28. The summed E-state index contributed by atoms with van der Waals surface area (Å²) >= 11 is 0. The Kier molecular flexibility index (Phi) is 6.09. The summed E-state index contributed by atoms with van der Waals surface area (Å²) in [4.78, 5) is 25.7. The van der Waals surface area contributed by atoms with Crippen LogP contribution in [0.15, 0.2) is 78.9 Å². The lowest BCUT2D eigenvalue weighted by molar-refractivity contribution is -0.123. The third-order valence-electron chi connectivity index (χ3n) is 5.14. The fourth-order valence-electron chi connectivity index (χ4n) is 3.49. The first-order chi connectivity index (χ1) is 14.7. The van der Waals surface area contributed by atoms with E-state index < -0.39 is 0 Å². The number of carbonyl (C=O) groups is 2. The van der Waals surface area contributed by atoms with Gasteiger partial charge in [0, 0.05) is 25.2 Å². The van der Waals surface area contributed by atoms with Gasteiger partial charge in [-0.15, -0.1) is 0 Å². The lowest BCUT2D eigenvalue weighted by Gasteiger charge is -2.16. The zero-order valence-corrected chi connectivity index (χ0v) is 16.7. The highest BCUT2D eigenvalue weighted by Gasteiger charge is 2.21. The van der Waals surface area contributed by atoms with Gasteiger partial charge in [0.15, 0.2) is 6.61 Å². The molecule has 0 atom stereocenters. The summed E-state index contributed by atoms with van der Waals surface area (Å²) < 4.78 is 5.59. The molecule has 0 aromatic heterocycles. The Morgan fingerprint density at radius 1 is 0.900 bits per heavy atom. The van der Waals surface area contributed by atoms with E-state index in [0.29, 0.717) is 18.7 Å². The predicted octanol–water partition coefficient (Wildman–Crippen LogP) is 4.18. The smallest absolute Gasteiger partial charge is 0.258 e. The Morgan fingerprint density at radius 3 is 2.27 bits per heavy atom. The minimum atomic E-state index is -0.180. The molecule has 0 aliphatic carbocycles. The van der Waals surface area contributed by atoms with Crippen molar-refractivity contribution in [1.82, 2.24) is 5.32 Å². The number of carbonyl (C=O) groups excluding carboxylic acids is 2. The van der Waals surface area contributed by atoms with Gasteiger partial charge in [-0.3, -0.25) is 9.59 Å². The Bertz CT molecular complexity index is 999. The molecule has 5 nitrogen and oxygen atoms in total. The van der Waals surface area contributed by atoms with E-state index in [1.165, 1.54) is 0 Å². The third kappa shape index (κ3) is 4.87. The van der Waals surface area contributed by atoms with E-state index in [1.807, 2.05) is 66.7 Å². The highest BCUT2D eigenvalue weighted by molar-refractivity contribution is 5.95. The fourth-order valence-corrected chi connectivity index (χ4v) is 3.49. The van der Waals surface area contributed by atoms with Gasteiger partial charge in [-0.1, -0.05) is 54.6 Å². The summed E-state index contributed by atoms with van der Waals surface area (Å²) in [6.45, 7) is 1.16. The van der Waals surface area contributed by atoms with Gasteiger partial charge in [-0.2, -0.15) is 0 Å². The van der Waals surface area contributed by atoms with Crippen molar-refractivity contribution >= 4 is 17.5 Å². The van der Waals surface area contributed by atoms with E-state index in [2.05, 4.69) is 17.4 Å². The van der Waals surface area contributed by atoms with Gasteiger partial charge < -0.3 is 15.0 Å². The monoisotopic (exact) mass is 400 g/mol. The first-order valence-electron chi connectivity index (χ1n) is 10.1. The van der Waals surface area contributed by atoms with Gasteiger partial charge in [0.05, 0.1) is 0 Å². The number of nitrogens with zero attached hydrogens (tertiary/aromatic N) is 1. The first kappa shape index (κ1) is 19.7. The predicted molar refractivity (Wildman–Crippen MR) is 117 cm³/mol. The fraction of sp³-hybridized carbons (Fsp3) is 0.200. The van der Waals surface area contributed by atoms with Crippen LogP contribution < -0.4 is 15.0 Å². The molecule has 0 spiro atoms. The average molecular weight is 400 g/mol. The second-order valence-corrected chi connectivity index (χ2v) is 7.27.